The third-order valence-corrected chi connectivity index (χ3v) is 6.48. The zero-order valence-electron chi connectivity index (χ0n) is 19.8. The number of carbonyl (C=O) groups excluding carboxylic acids is 2. The van der Waals surface area contributed by atoms with Gasteiger partial charge in [0.25, 0.3) is 5.91 Å². The minimum atomic E-state index is -0.440. The molecule has 1 saturated carbocycles. The quantitative estimate of drug-likeness (QED) is 0.472. The fourth-order valence-electron chi connectivity index (χ4n) is 4.19. The number of carbonyl (C=O) groups is 2. The third kappa shape index (κ3) is 5.32. The number of hydrogen-bond donors (Lipinski definition) is 3. The van der Waals surface area contributed by atoms with Crippen LogP contribution < -0.4 is 21.3 Å². The third-order valence-electron chi connectivity index (χ3n) is 6.48. The molecule has 35 heavy (non-hydrogen) atoms. The molecule has 1 aliphatic carbocycles. The van der Waals surface area contributed by atoms with Crippen molar-refractivity contribution in [1.82, 2.24) is 25.2 Å². The number of amides is 2. The number of anilines is 2. The summed E-state index contributed by atoms with van der Waals surface area (Å²) in [4.78, 5) is 41.9. The number of piperazine rings is 1. The number of fused-ring (bicyclic) bond motifs is 1. The second-order valence-corrected chi connectivity index (χ2v) is 9.11. The Kier molecular flexibility index (Phi) is 6.45. The van der Waals surface area contributed by atoms with Crippen molar-refractivity contribution in [2.45, 2.75) is 31.8 Å². The zero-order valence-corrected chi connectivity index (χ0v) is 19.8. The molecule has 10 nitrogen and oxygen atoms in total. The number of aromatic nitrogens is 3. The van der Waals surface area contributed by atoms with Crippen LogP contribution in [0.1, 0.15) is 41.7 Å². The average molecular weight is 475 g/mol. The van der Waals surface area contributed by atoms with E-state index in [4.69, 9.17) is 5.73 Å². The molecule has 1 saturated heterocycles. The van der Waals surface area contributed by atoms with E-state index < -0.39 is 6.04 Å². The van der Waals surface area contributed by atoms with Gasteiger partial charge < -0.3 is 26.2 Å². The predicted octanol–water partition coefficient (Wildman–Crippen LogP) is 1.70. The molecule has 1 unspecified atom stereocenters. The van der Waals surface area contributed by atoms with Crippen molar-refractivity contribution in [1.29, 1.82) is 0 Å². The van der Waals surface area contributed by atoms with E-state index in [1.165, 1.54) is 12.8 Å². The molecule has 2 fully saturated rings. The summed E-state index contributed by atoms with van der Waals surface area (Å²) >= 11 is 0. The van der Waals surface area contributed by atoms with Crippen LogP contribution in [-0.2, 0) is 4.79 Å². The molecule has 2 aliphatic rings. The molecule has 182 valence electrons. The predicted molar refractivity (Wildman–Crippen MR) is 134 cm³/mol. The number of nitrogens with one attached hydrogen (secondary N) is 2. The van der Waals surface area contributed by atoms with E-state index in [-0.39, 0.29) is 18.4 Å². The van der Waals surface area contributed by atoms with E-state index in [1.807, 2.05) is 29.2 Å². The Bertz CT molecular complexity index is 1220. The lowest BCUT2D eigenvalue weighted by Gasteiger charge is -2.34. The smallest absolute Gasteiger partial charge is 0.252 e. The molecule has 0 bridgehead atoms. The van der Waals surface area contributed by atoms with Crippen molar-refractivity contribution in [3.05, 3.63) is 53.9 Å². The Balaban J connectivity index is 1.18. The Morgan fingerprint density at radius 2 is 1.83 bits per heavy atom. The van der Waals surface area contributed by atoms with Gasteiger partial charge in [-0.15, -0.1) is 0 Å². The number of hydrogen-bond acceptors (Lipinski definition) is 8. The molecule has 2 aromatic heterocycles. The van der Waals surface area contributed by atoms with E-state index in [2.05, 4.69) is 30.5 Å². The molecule has 0 radical (unpaired) electrons. The number of pyridine rings is 1. The first-order chi connectivity index (χ1) is 17.0. The largest absolute Gasteiger partial charge is 0.367 e. The molecule has 4 N–H and O–H groups in total. The lowest BCUT2D eigenvalue weighted by atomic mass is 10.1. The van der Waals surface area contributed by atoms with Crippen LogP contribution in [-0.4, -0.2) is 70.4 Å². The number of benzene rings is 1. The Morgan fingerprint density at radius 3 is 2.51 bits per heavy atom. The normalized spacial score (nSPS) is 16.7. The van der Waals surface area contributed by atoms with Crippen LogP contribution in [0.25, 0.3) is 10.9 Å². The van der Waals surface area contributed by atoms with Gasteiger partial charge in [-0.25, -0.2) is 15.0 Å². The van der Waals surface area contributed by atoms with E-state index in [0.29, 0.717) is 43.7 Å². The Hall–Kier alpha value is -3.79. The van der Waals surface area contributed by atoms with Crippen molar-refractivity contribution in [3.8, 4) is 0 Å². The molecule has 10 heteroatoms. The molecular weight excluding hydrogens is 444 g/mol. The molecule has 3 heterocycles. The standard InChI is InChI=1S/C25H30N8O2/c1-16(34)32-9-11-33(12-10-32)25-28-13-17(14-29-25)21(26)15-27-24(35)20-3-2-4-22-19(20)7-8-23(31-22)30-18-5-6-18/h2-4,7-8,13-14,18,21H,5-6,9-12,15,26H2,1H3,(H,27,35)(H,30,31). The Labute approximate surface area is 203 Å². The average Bonchev–Trinajstić information content (AvgIpc) is 3.70. The van der Waals surface area contributed by atoms with Crippen molar-refractivity contribution in [3.63, 3.8) is 0 Å². The summed E-state index contributed by atoms with van der Waals surface area (Å²) in [5.41, 5.74) is 8.40. The first-order valence-corrected chi connectivity index (χ1v) is 12.0. The molecule has 1 aromatic carbocycles. The lowest BCUT2D eigenvalue weighted by molar-refractivity contribution is -0.129. The maximum Gasteiger partial charge on any atom is 0.252 e. The van der Waals surface area contributed by atoms with Gasteiger partial charge in [-0.3, -0.25) is 9.59 Å². The first-order valence-electron chi connectivity index (χ1n) is 12.0. The zero-order chi connectivity index (χ0) is 24.4. The van der Waals surface area contributed by atoms with Crippen LogP contribution in [0.4, 0.5) is 11.8 Å². The summed E-state index contributed by atoms with van der Waals surface area (Å²) < 4.78 is 0. The molecule has 0 spiro atoms. The maximum absolute atomic E-state index is 12.9. The highest BCUT2D eigenvalue weighted by Crippen LogP contribution is 2.26. The summed E-state index contributed by atoms with van der Waals surface area (Å²) in [6.45, 7) is 4.55. The number of rotatable bonds is 7. The van der Waals surface area contributed by atoms with Gasteiger partial charge in [-0.05, 0) is 37.1 Å². The van der Waals surface area contributed by atoms with Crippen LogP contribution in [0.3, 0.4) is 0 Å². The van der Waals surface area contributed by atoms with Gasteiger partial charge in [0.2, 0.25) is 11.9 Å². The topological polar surface area (TPSA) is 129 Å². The second-order valence-electron chi connectivity index (χ2n) is 9.11. The second kappa shape index (κ2) is 9.83. The highest BCUT2D eigenvalue weighted by Gasteiger charge is 2.22. The van der Waals surface area contributed by atoms with Crippen molar-refractivity contribution in [2.75, 3.05) is 42.9 Å². The number of nitrogens with two attached hydrogens (primary N) is 1. The monoisotopic (exact) mass is 474 g/mol. The SMILES string of the molecule is CC(=O)N1CCN(c2ncc(C(N)CNC(=O)c3cccc4nc(NC5CC5)ccc34)cn2)CC1. The van der Waals surface area contributed by atoms with Gasteiger partial charge in [-0.1, -0.05) is 6.07 Å². The van der Waals surface area contributed by atoms with Gasteiger partial charge in [-0.2, -0.15) is 0 Å². The van der Waals surface area contributed by atoms with Crippen LogP contribution in [0.5, 0.6) is 0 Å². The molecule has 1 atom stereocenters. The highest BCUT2D eigenvalue weighted by atomic mass is 16.2. The van der Waals surface area contributed by atoms with Crippen molar-refractivity contribution >= 4 is 34.5 Å². The van der Waals surface area contributed by atoms with Crippen molar-refractivity contribution < 1.29 is 9.59 Å². The minimum Gasteiger partial charge on any atom is -0.367 e. The maximum atomic E-state index is 12.9. The van der Waals surface area contributed by atoms with E-state index >= 15 is 0 Å². The molecule has 5 rings (SSSR count). The lowest BCUT2D eigenvalue weighted by Crippen LogP contribution is -2.48. The Morgan fingerprint density at radius 1 is 1.09 bits per heavy atom. The van der Waals surface area contributed by atoms with Crippen LogP contribution >= 0.6 is 0 Å². The van der Waals surface area contributed by atoms with Crippen LogP contribution in [0, 0.1) is 0 Å². The summed E-state index contributed by atoms with van der Waals surface area (Å²) in [6, 6.07) is 9.48. The minimum absolute atomic E-state index is 0.0871. The van der Waals surface area contributed by atoms with Crippen LogP contribution in [0.15, 0.2) is 42.7 Å². The fourth-order valence-corrected chi connectivity index (χ4v) is 4.19. The van der Waals surface area contributed by atoms with Gasteiger partial charge in [0.1, 0.15) is 5.82 Å². The summed E-state index contributed by atoms with van der Waals surface area (Å²) in [5, 5.41) is 7.12. The van der Waals surface area contributed by atoms with Crippen LogP contribution in [0.2, 0.25) is 0 Å². The van der Waals surface area contributed by atoms with E-state index in [9.17, 15) is 9.59 Å². The number of nitrogens with zero attached hydrogens (tertiary/aromatic N) is 5. The molecular formula is C25H30N8O2. The summed E-state index contributed by atoms with van der Waals surface area (Å²) in [5.74, 6) is 1.34. The van der Waals surface area contributed by atoms with Gasteiger partial charge in [0.05, 0.1) is 11.6 Å². The van der Waals surface area contributed by atoms with Gasteiger partial charge in [0.15, 0.2) is 0 Å². The van der Waals surface area contributed by atoms with Gasteiger partial charge in [0, 0.05) is 74.6 Å². The van der Waals surface area contributed by atoms with Crippen molar-refractivity contribution in [2.24, 2.45) is 5.73 Å². The fraction of sp³-hybridized carbons (Fsp3) is 0.400. The highest BCUT2D eigenvalue weighted by molar-refractivity contribution is 6.06. The van der Waals surface area contributed by atoms with E-state index in [0.717, 1.165) is 22.3 Å². The first kappa shape index (κ1) is 23.0. The van der Waals surface area contributed by atoms with E-state index in [1.54, 1.807) is 25.4 Å². The molecule has 1 aliphatic heterocycles. The summed E-state index contributed by atoms with van der Waals surface area (Å²) in [6.07, 6.45) is 5.75. The summed E-state index contributed by atoms with van der Waals surface area (Å²) in [7, 11) is 0. The molecule has 2 amide bonds. The van der Waals surface area contributed by atoms with Gasteiger partial charge >= 0.3 is 0 Å². The molecule has 3 aromatic rings.